The van der Waals surface area contributed by atoms with Gasteiger partial charge < -0.3 is 29.2 Å². The molecule has 0 spiro atoms. The number of ether oxygens (including phenoxy) is 4. The Balaban J connectivity index is 1.05. The first-order chi connectivity index (χ1) is 31.3. The monoisotopic (exact) mass is 868 g/mol. The highest BCUT2D eigenvalue weighted by molar-refractivity contribution is 5.94. The van der Waals surface area contributed by atoms with E-state index in [9.17, 15) is 19.8 Å². The zero-order chi connectivity index (χ0) is 45.2. The molecule has 0 atom stereocenters. The second kappa shape index (κ2) is 27.6. The number of hydrogen-bond donors (Lipinski definition) is 2. The van der Waals surface area contributed by atoms with Gasteiger partial charge in [-0.05, 0) is 97.8 Å². The lowest BCUT2D eigenvalue weighted by Crippen LogP contribution is -2.12. The van der Waals surface area contributed by atoms with Gasteiger partial charge >= 0.3 is 11.9 Å². The molecule has 0 fully saturated rings. The molecule has 2 N–H and O–H groups in total. The highest BCUT2D eigenvalue weighted by Gasteiger charge is 2.16. The van der Waals surface area contributed by atoms with Crippen molar-refractivity contribution < 1.29 is 38.7 Å². The molecule has 0 bridgehead atoms. The van der Waals surface area contributed by atoms with Crippen LogP contribution in [-0.4, -0.2) is 47.8 Å². The molecule has 0 aliphatic carbocycles. The molecule has 5 aromatic rings. The standard InChI is InChI=1S/C54H64N2O8/c1-3-5-7-9-11-13-15-19-35-61-47-33-27-43(49(57)37-47)39-55-45-29-23-41(24-30-45)53(59)63-51-21-17-18-22-52(51)64-54(60)42-25-31-46(32-26-42)56-40-44-28-34-48(38-50(44)58)62-36-20-16-14-12-10-8-6-4-2/h17-18,21-34,37-40,57-58H,3-16,19-20,35-36H2,1-2H3. The van der Waals surface area contributed by atoms with Crippen molar-refractivity contribution in [3.05, 3.63) is 131 Å². The molecule has 5 rings (SSSR count). The summed E-state index contributed by atoms with van der Waals surface area (Å²) >= 11 is 0. The Bertz CT molecular complexity index is 2080. The number of unbranched alkanes of at least 4 members (excludes halogenated alkanes) is 14. The molecule has 0 saturated heterocycles. The van der Waals surface area contributed by atoms with Gasteiger partial charge in [-0.3, -0.25) is 9.98 Å². The summed E-state index contributed by atoms with van der Waals surface area (Å²) in [4.78, 5) is 35.2. The number of phenolic OH excluding ortho intramolecular Hbond substituents is 2. The summed E-state index contributed by atoms with van der Waals surface area (Å²) in [7, 11) is 0. The van der Waals surface area contributed by atoms with Gasteiger partial charge in [-0.15, -0.1) is 0 Å². The molecule has 338 valence electrons. The highest BCUT2D eigenvalue weighted by Crippen LogP contribution is 2.30. The second-order valence-corrected chi connectivity index (χ2v) is 15.9. The summed E-state index contributed by atoms with van der Waals surface area (Å²) in [6, 6.07) is 29.8. The third-order valence-electron chi connectivity index (χ3n) is 10.7. The van der Waals surface area contributed by atoms with Crippen molar-refractivity contribution in [3.63, 3.8) is 0 Å². The van der Waals surface area contributed by atoms with E-state index in [2.05, 4.69) is 23.8 Å². The predicted molar refractivity (Wildman–Crippen MR) is 256 cm³/mol. The van der Waals surface area contributed by atoms with Crippen LogP contribution in [0.1, 0.15) is 148 Å². The van der Waals surface area contributed by atoms with Crippen LogP contribution in [0.15, 0.2) is 119 Å². The number of aliphatic imine (C=N–C) groups is 2. The van der Waals surface area contributed by atoms with Gasteiger partial charge in [0.15, 0.2) is 11.5 Å². The SMILES string of the molecule is CCCCCCCCCCOc1ccc(C=Nc2ccc(C(=O)Oc3ccccc3OC(=O)c3ccc(N=Cc4ccc(OCCCCCCCCCC)cc4O)cc3)cc2)c(O)c1. The normalized spacial score (nSPS) is 11.3. The summed E-state index contributed by atoms with van der Waals surface area (Å²) in [5.41, 5.74) is 2.74. The number of carbonyl (C=O) groups excluding carboxylic acids is 2. The predicted octanol–water partition coefficient (Wildman–Crippen LogP) is 14.1. The first kappa shape index (κ1) is 48.6. The van der Waals surface area contributed by atoms with Gasteiger partial charge in [-0.25, -0.2) is 9.59 Å². The van der Waals surface area contributed by atoms with E-state index in [0.717, 1.165) is 25.7 Å². The zero-order valence-corrected chi connectivity index (χ0v) is 37.5. The van der Waals surface area contributed by atoms with Crippen LogP contribution in [0.2, 0.25) is 0 Å². The van der Waals surface area contributed by atoms with Crippen molar-refractivity contribution in [2.45, 2.75) is 117 Å². The number of rotatable bonds is 28. The molecule has 0 aromatic heterocycles. The van der Waals surface area contributed by atoms with Crippen molar-refractivity contribution in [2.24, 2.45) is 9.98 Å². The molecule has 0 unspecified atom stereocenters. The van der Waals surface area contributed by atoms with E-state index in [4.69, 9.17) is 18.9 Å². The summed E-state index contributed by atoms with van der Waals surface area (Å²) in [5, 5.41) is 21.1. The van der Waals surface area contributed by atoms with Gasteiger partial charge in [-0.2, -0.15) is 0 Å². The Kier molecular flexibility index (Phi) is 21.0. The Morgan fingerprint density at radius 2 is 0.828 bits per heavy atom. The third kappa shape index (κ3) is 17.0. The molecular weight excluding hydrogens is 805 g/mol. The van der Waals surface area contributed by atoms with Gasteiger partial charge in [0.1, 0.15) is 23.0 Å². The van der Waals surface area contributed by atoms with E-state index in [1.807, 2.05) is 12.1 Å². The maximum atomic E-state index is 13.1. The fraction of sp³-hybridized carbons (Fsp3) is 0.370. The molecule has 0 aliphatic heterocycles. The average molecular weight is 869 g/mol. The fourth-order valence-electron chi connectivity index (χ4n) is 6.89. The van der Waals surface area contributed by atoms with Crippen LogP contribution < -0.4 is 18.9 Å². The Morgan fingerprint density at radius 1 is 0.469 bits per heavy atom. The molecule has 0 radical (unpaired) electrons. The van der Waals surface area contributed by atoms with E-state index in [-0.39, 0.29) is 34.1 Å². The van der Waals surface area contributed by atoms with E-state index in [1.54, 1.807) is 109 Å². The maximum absolute atomic E-state index is 13.1. The largest absolute Gasteiger partial charge is 0.507 e. The smallest absolute Gasteiger partial charge is 0.343 e. The second-order valence-electron chi connectivity index (χ2n) is 15.9. The lowest BCUT2D eigenvalue weighted by atomic mass is 10.1. The lowest BCUT2D eigenvalue weighted by Gasteiger charge is -2.11. The summed E-state index contributed by atoms with van der Waals surface area (Å²) in [5.74, 6) is 0.219. The zero-order valence-electron chi connectivity index (χ0n) is 37.5. The Hall–Kier alpha value is -6.42. The van der Waals surface area contributed by atoms with Gasteiger partial charge in [0, 0.05) is 35.7 Å². The number of phenols is 2. The van der Waals surface area contributed by atoms with Crippen molar-refractivity contribution in [1.29, 1.82) is 0 Å². The minimum absolute atomic E-state index is 0.0626. The van der Waals surface area contributed by atoms with Gasteiger partial charge in [0.05, 0.1) is 35.7 Å². The van der Waals surface area contributed by atoms with Gasteiger partial charge in [-0.1, -0.05) is 116 Å². The van der Waals surface area contributed by atoms with Crippen LogP contribution in [0, 0.1) is 0 Å². The molecule has 0 amide bonds. The quantitative estimate of drug-likeness (QED) is 0.0219. The molecular formula is C54H64N2O8. The lowest BCUT2D eigenvalue weighted by molar-refractivity contribution is 0.0682. The number of para-hydroxylation sites is 2. The molecule has 10 heteroatoms. The van der Waals surface area contributed by atoms with Crippen LogP contribution in [0.3, 0.4) is 0 Å². The Morgan fingerprint density at radius 3 is 1.19 bits per heavy atom. The van der Waals surface area contributed by atoms with Crippen molar-refractivity contribution >= 4 is 35.7 Å². The minimum Gasteiger partial charge on any atom is -0.507 e. The molecule has 0 aliphatic rings. The van der Waals surface area contributed by atoms with Gasteiger partial charge in [0.2, 0.25) is 0 Å². The minimum atomic E-state index is -0.645. The van der Waals surface area contributed by atoms with Crippen LogP contribution in [0.25, 0.3) is 0 Å². The van der Waals surface area contributed by atoms with Crippen molar-refractivity contribution in [3.8, 4) is 34.5 Å². The topological polar surface area (TPSA) is 136 Å². The van der Waals surface area contributed by atoms with E-state index in [1.165, 1.54) is 77.0 Å². The number of esters is 2. The van der Waals surface area contributed by atoms with Crippen LogP contribution in [0.4, 0.5) is 11.4 Å². The number of nitrogens with zero attached hydrogens (tertiary/aromatic N) is 2. The van der Waals surface area contributed by atoms with E-state index >= 15 is 0 Å². The molecule has 0 heterocycles. The summed E-state index contributed by atoms with van der Waals surface area (Å²) < 4.78 is 23.0. The first-order valence-corrected chi connectivity index (χ1v) is 23.1. The van der Waals surface area contributed by atoms with Crippen molar-refractivity contribution in [2.75, 3.05) is 13.2 Å². The molecule has 0 saturated carbocycles. The van der Waals surface area contributed by atoms with Crippen LogP contribution >= 0.6 is 0 Å². The van der Waals surface area contributed by atoms with Crippen LogP contribution in [-0.2, 0) is 0 Å². The van der Waals surface area contributed by atoms with Gasteiger partial charge in [0.25, 0.3) is 0 Å². The van der Waals surface area contributed by atoms with Crippen molar-refractivity contribution in [1.82, 2.24) is 0 Å². The third-order valence-corrected chi connectivity index (χ3v) is 10.7. The summed E-state index contributed by atoms with van der Waals surface area (Å²) in [6.07, 6.45) is 22.7. The number of aromatic hydroxyl groups is 2. The average Bonchev–Trinajstić information content (AvgIpc) is 3.31. The molecule has 10 nitrogen and oxygen atoms in total. The van der Waals surface area contributed by atoms with E-state index in [0.29, 0.717) is 47.2 Å². The summed E-state index contributed by atoms with van der Waals surface area (Å²) in [6.45, 7) is 5.68. The molecule has 64 heavy (non-hydrogen) atoms. The molecule has 5 aromatic carbocycles. The first-order valence-electron chi connectivity index (χ1n) is 23.1. The Labute approximate surface area is 379 Å². The highest BCUT2D eigenvalue weighted by atomic mass is 16.6. The maximum Gasteiger partial charge on any atom is 0.343 e. The number of hydrogen-bond acceptors (Lipinski definition) is 10. The number of benzene rings is 5. The fourth-order valence-corrected chi connectivity index (χ4v) is 6.89. The number of carbonyl (C=O) groups is 2. The van der Waals surface area contributed by atoms with E-state index < -0.39 is 11.9 Å². The van der Waals surface area contributed by atoms with Crippen LogP contribution in [0.5, 0.6) is 34.5 Å².